The van der Waals surface area contributed by atoms with Crippen LogP contribution >= 0.6 is 11.6 Å². The monoisotopic (exact) mass is 223 g/mol. The van der Waals surface area contributed by atoms with Crippen molar-refractivity contribution in [1.82, 2.24) is 19.5 Å². The van der Waals surface area contributed by atoms with Gasteiger partial charge >= 0.3 is 6.03 Å². The second-order valence-electron chi connectivity index (χ2n) is 2.60. The fraction of sp³-hybridized carbons (Fsp3) is 0. The molecule has 0 atom stereocenters. The Morgan fingerprint density at radius 1 is 1.47 bits per heavy atom. The molecule has 0 radical (unpaired) electrons. The minimum Gasteiger partial charge on any atom is -0.275 e. The Kier molecular flexibility index (Phi) is 2.59. The van der Waals surface area contributed by atoms with Crippen LogP contribution in [0.1, 0.15) is 0 Å². The van der Waals surface area contributed by atoms with Gasteiger partial charge in [-0.3, -0.25) is 9.88 Å². The largest absolute Gasteiger partial charge is 0.333 e. The van der Waals surface area contributed by atoms with Crippen LogP contribution in [0.3, 0.4) is 0 Å². The topological polar surface area (TPSA) is 72.7 Å². The van der Waals surface area contributed by atoms with Crippen LogP contribution < -0.4 is 5.32 Å². The molecule has 0 bridgehead atoms. The maximum atomic E-state index is 11.5. The fourth-order valence-corrected chi connectivity index (χ4v) is 1.07. The molecular weight excluding hydrogens is 218 g/mol. The highest BCUT2D eigenvalue weighted by atomic mass is 35.5. The first-order valence-corrected chi connectivity index (χ1v) is 4.41. The van der Waals surface area contributed by atoms with Crippen LogP contribution in [-0.4, -0.2) is 25.6 Å². The number of carbonyl (C=O) groups is 1. The lowest BCUT2D eigenvalue weighted by Gasteiger charge is -2.02. The first-order chi connectivity index (χ1) is 7.25. The summed E-state index contributed by atoms with van der Waals surface area (Å²) in [5.41, 5.74) is 0. The van der Waals surface area contributed by atoms with Crippen LogP contribution in [0.4, 0.5) is 10.7 Å². The number of nitrogens with zero attached hydrogens (tertiary/aromatic N) is 4. The molecule has 0 spiro atoms. The lowest BCUT2D eigenvalue weighted by atomic mass is 10.7. The molecule has 1 amide bonds. The molecule has 2 heterocycles. The maximum absolute atomic E-state index is 11.5. The van der Waals surface area contributed by atoms with E-state index < -0.39 is 6.03 Å². The molecule has 0 aliphatic carbocycles. The zero-order valence-corrected chi connectivity index (χ0v) is 8.22. The zero-order valence-electron chi connectivity index (χ0n) is 7.46. The number of nitrogens with one attached hydrogen (secondary N) is 1. The molecule has 0 aliphatic heterocycles. The molecule has 0 saturated carbocycles. The van der Waals surface area contributed by atoms with Crippen molar-refractivity contribution >= 4 is 23.6 Å². The van der Waals surface area contributed by atoms with Gasteiger partial charge in [-0.1, -0.05) is 11.6 Å². The lowest BCUT2D eigenvalue weighted by molar-refractivity contribution is 0.253. The van der Waals surface area contributed by atoms with E-state index in [1.807, 2.05) is 0 Å². The Labute approximate surface area is 89.9 Å². The molecule has 0 aliphatic rings. The SMILES string of the molecule is O=C(Nc1nccc(Cl)n1)n1ccnc1. The van der Waals surface area contributed by atoms with Crippen molar-refractivity contribution in [1.29, 1.82) is 0 Å². The fourth-order valence-electron chi connectivity index (χ4n) is 0.936. The summed E-state index contributed by atoms with van der Waals surface area (Å²) in [7, 11) is 0. The molecule has 76 valence electrons. The summed E-state index contributed by atoms with van der Waals surface area (Å²) >= 11 is 5.63. The van der Waals surface area contributed by atoms with E-state index in [2.05, 4.69) is 20.3 Å². The van der Waals surface area contributed by atoms with Crippen molar-refractivity contribution in [3.8, 4) is 0 Å². The van der Waals surface area contributed by atoms with E-state index in [0.29, 0.717) is 0 Å². The molecule has 7 heteroatoms. The summed E-state index contributed by atoms with van der Waals surface area (Å²) < 4.78 is 1.27. The molecule has 0 saturated heterocycles. The van der Waals surface area contributed by atoms with Crippen LogP contribution in [0.2, 0.25) is 5.15 Å². The Hall–Kier alpha value is -1.95. The number of hydrogen-bond acceptors (Lipinski definition) is 4. The van der Waals surface area contributed by atoms with E-state index >= 15 is 0 Å². The molecule has 2 aromatic rings. The molecule has 6 nitrogen and oxygen atoms in total. The number of amides is 1. The Balaban J connectivity index is 2.13. The first kappa shape index (κ1) is 9.60. The van der Waals surface area contributed by atoms with E-state index in [-0.39, 0.29) is 11.1 Å². The molecule has 0 unspecified atom stereocenters. The van der Waals surface area contributed by atoms with E-state index in [4.69, 9.17) is 11.6 Å². The van der Waals surface area contributed by atoms with Gasteiger partial charge in [-0.25, -0.2) is 19.7 Å². The van der Waals surface area contributed by atoms with Crippen molar-refractivity contribution in [3.05, 3.63) is 36.1 Å². The van der Waals surface area contributed by atoms with Crippen LogP contribution in [-0.2, 0) is 0 Å². The van der Waals surface area contributed by atoms with Gasteiger partial charge in [0.25, 0.3) is 0 Å². The minimum atomic E-state index is -0.394. The summed E-state index contributed by atoms with van der Waals surface area (Å²) in [6.45, 7) is 0. The van der Waals surface area contributed by atoms with Gasteiger partial charge in [0.2, 0.25) is 5.95 Å². The summed E-state index contributed by atoms with van der Waals surface area (Å²) in [6.07, 6.45) is 5.84. The van der Waals surface area contributed by atoms with Crippen LogP contribution in [0.25, 0.3) is 0 Å². The lowest BCUT2D eigenvalue weighted by Crippen LogP contribution is -2.19. The minimum absolute atomic E-state index is 0.154. The number of aromatic nitrogens is 4. The number of imidazole rings is 1. The summed E-state index contributed by atoms with van der Waals surface area (Å²) in [5.74, 6) is 0.154. The smallest absolute Gasteiger partial charge is 0.275 e. The first-order valence-electron chi connectivity index (χ1n) is 4.03. The molecule has 15 heavy (non-hydrogen) atoms. The zero-order chi connectivity index (χ0) is 10.7. The number of hydrogen-bond donors (Lipinski definition) is 1. The van der Waals surface area contributed by atoms with Crippen LogP contribution in [0.5, 0.6) is 0 Å². The third-order valence-corrected chi connectivity index (χ3v) is 1.79. The Morgan fingerprint density at radius 2 is 2.33 bits per heavy atom. The molecule has 0 aromatic carbocycles. The van der Waals surface area contributed by atoms with Gasteiger partial charge in [0.1, 0.15) is 11.5 Å². The normalized spacial score (nSPS) is 9.93. The highest BCUT2D eigenvalue weighted by Crippen LogP contribution is 2.05. The van der Waals surface area contributed by atoms with Crippen molar-refractivity contribution in [2.75, 3.05) is 5.32 Å². The number of carbonyl (C=O) groups excluding carboxylic acids is 1. The van der Waals surface area contributed by atoms with E-state index in [0.717, 1.165) is 0 Å². The molecule has 2 aromatic heterocycles. The van der Waals surface area contributed by atoms with Crippen molar-refractivity contribution in [2.24, 2.45) is 0 Å². The Bertz CT molecular complexity index is 470. The van der Waals surface area contributed by atoms with Gasteiger partial charge in [0, 0.05) is 18.6 Å². The van der Waals surface area contributed by atoms with E-state index in [9.17, 15) is 4.79 Å². The average Bonchev–Trinajstić information content (AvgIpc) is 2.70. The van der Waals surface area contributed by atoms with Gasteiger partial charge in [0.05, 0.1) is 0 Å². The van der Waals surface area contributed by atoms with Crippen LogP contribution in [0.15, 0.2) is 31.0 Å². The van der Waals surface area contributed by atoms with Crippen molar-refractivity contribution in [3.63, 3.8) is 0 Å². The second kappa shape index (κ2) is 4.05. The predicted molar refractivity (Wildman–Crippen MR) is 53.7 cm³/mol. The molecular formula is C8H6ClN5O. The van der Waals surface area contributed by atoms with Crippen molar-refractivity contribution in [2.45, 2.75) is 0 Å². The quantitative estimate of drug-likeness (QED) is 0.742. The number of rotatable bonds is 1. The van der Waals surface area contributed by atoms with Crippen molar-refractivity contribution < 1.29 is 4.79 Å². The number of anilines is 1. The predicted octanol–water partition coefficient (Wildman–Crippen LogP) is 1.41. The Morgan fingerprint density at radius 3 is 3.00 bits per heavy atom. The van der Waals surface area contributed by atoms with Gasteiger partial charge < -0.3 is 0 Å². The van der Waals surface area contributed by atoms with Gasteiger partial charge in [-0.05, 0) is 6.07 Å². The third-order valence-electron chi connectivity index (χ3n) is 1.58. The summed E-state index contributed by atoms with van der Waals surface area (Å²) in [5, 5.41) is 2.73. The molecule has 2 rings (SSSR count). The van der Waals surface area contributed by atoms with E-state index in [1.165, 1.54) is 35.6 Å². The van der Waals surface area contributed by atoms with E-state index in [1.54, 1.807) is 0 Å². The summed E-state index contributed by atoms with van der Waals surface area (Å²) in [6, 6.07) is 1.13. The number of halogens is 1. The second-order valence-corrected chi connectivity index (χ2v) is 2.99. The maximum Gasteiger partial charge on any atom is 0.333 e. The average molecular weight is 224 g/mol. The molecule has 1 N–H and O–H groups in total. The van der Waals surface area contributed by atoms with Crippen LogP contribution in [0, 0.1) is 0 Å². The van der Waals surface area contributed by atoms with Gasteiger partial charge in [-0.2, -0.15) is 0 Å². The highest BCUT2D eigenvalue weighted by Gasteiger charge is 2.05. The standard InChI is InChI=1S/C8H6ClN5O/c9-6-1-2-11-7(12-6)13-8(15)14-4-3-10-5-14/h1-5H,(H,11,12,13,15). The third kappa shape index (κ3) is 2.29. The highest BCUT2D eigenvalue weighted by molar-refractivity contribution is 6.29. The van der Waals surface area contributed by atoms with Gasteiger partial charge in [0.15, 0.2) is 0 Å². The van der Waals surface area contributed by atoms with Gasteiger partial charge in [-0.15, -0.1) is 0 Å². The summed E-state index contributed by atoms with van der Waals surface area (Å²) in [4.78, 5) is 22.9. The molecule has 0 fully saturated rings.